The van der Waals surface area contributed by atoms with E-state index in [1.54, 1.807) is 0 Å². The average molecular weight is 183 g/mol. The highest BCUT2D eigenvalue weighted by atomic mass is 16.2. The van der Waals surface area contributed by atoms with Gasteiger partial charge in [-0.25, -0.2) is 0 Å². The highest BCUT2D eigenvalue weighted by Crippen LogP contribution is 2.18. The van der Waals surface area contributed by atoms with Crippen molar-refractivity contribution in [2.24, 2.45) is 5.92 Å². The minimum absolute atomic E-state index is 0.349. The minimum atomic E-state index is 0.349. The third kappa shape index (κ3) is 3.02. The summed E-state index contributed by atoms with van der Waals surface area (Å²) in [5, 5.41) is 0. The third-order valence-electron chi connectivity index (χ3n) is 2.71. The standard InChI is InChI=1S/C11H21NO/c1-9(2)8-11(13)12-7-5-4-6-10(12)3/h9-10H,4-8H2,1-3H3/t10-/m0/s1. The lowest BCUT2D eigenvalue weighted by Gasteiger charge is -2.33. The molecule has 0 saturated carbocycles. The average Bonchev–Trinajstić information content (AvgIpc) is 2.03. The molecule has 0 N–H and O–H groups in total. The Hall–Kier alpha value is -0.530. The number of piperidine rings is 1. The molecule has 1 aliphatic heterocycles. The second kappa shape index (κ2) is 4.64. The van der Waals surface area contributed by atoms with E-state index in [4.69, 9.17) is 0 Å². The molecule has 1 heterocycles. The summed E-state index contributed by atoms with van der Waals surface area (Å²) >= 11 is 0. The molecule has 1 atom stereocenters. The number of hydrogen-bond acceptors (Lipinski definition) is 1. The molecule has 0 unspecified atom stereocenters. The summed E-state index contributed by atoms with van der Waals surface area (Å²) in [6, 6.07) is 0.472. The Balaban J connectivity index is 2.44. The van der Waals surface area contributed by atoms with E-state index in [2.05, 4.69) is 25.7 Å². The van der Waals surface area contributed by atoms with Crippen molar-refractivity contribution in [3.05, 3.63) is 0 Å². The molecule has 1 aliphatic rings. The van der Waals surface area contributed by atoms with Crippen molar-refractivity contribution in [2.75, 3.05) is 6.54 Å². The van der Waals surface area contributed by atoms with Crippen LogP contribution < -0.4 is 0 Å². The van der Waals surface area contributed by atoms with Gasteiger partial charge in [0.15, 0.2) is 0 Å². The van der Waals surface area contributed by atoms with Crippen LogP contribution in [-0.4, -0.2) is 23.4 Å². The van der Waals surface area contributed by atoms with Crippen LogP contribution in [0.25, 0.3) is 0 Å². The molecule has 0 aromatic carbocycles. The van der Waals surface area contributed by atoms with E-state index in [9.17, 15) is 4.79 Å². The van der Waals surface area contributed by atoms with Gasteiger partial charge in [-0.05, 0) is 32.1 Å². The topological polar surface area (TPSA) is 20.3 Å². The number of hydrogen-bond donors (Lipinski definition) is 0. The van der Waals surface area contributed by atoms with Crippen LogP contribution >= 0.6 is 0 Å². The van der Waals surface area contributed by atoms with Gasteiger partial charge in [-0.3, -0.25) is 4.79 Å². The molecule has 0 spiro atoms. The Bertz CT molecular complexity index is 177. The molecule has 2 heteroatoms. The van der Waals surface area contributed by atoms with Gasteiger partial charge >= 0.3 is 0 Å². The maximum Gasteiger partial charge on any atom is 0.223 e. The summed E-state index contributed by atoms with van der Waals surface area (Å²) in [6.45, 7) is 7.35. The van der Waals surface area contributed by atoms with Gasteiger partial charge in [0.2, 0.25) is 5.91 Å². The fourth-order valence-corrected chi connectivity index (χ4v) is 1.94. The Morgan fingerprint density at radius 3 is 2.69 bits per heavy atom. The zero-order chi connectivity index (χ0) is 9.84. The maximum atomic E-state index is 11.7. The van der Waals surface area contributed by atoms with Crippen LogP contribution in [0.3, 0.4) is 0 Å². The Labute approximate surface area is 81.3 Å². The van der Waals surface area contributed by atoms with Crippen LogP contribution in [0.1, 0.15) is 46.5 Å². The third-order valence-corrected chi connectivity index (χ3v) is 2.71. The van der Waals surface area contributed by atoms with Crippen LogP contribution in [0.5, 0.6) is 0 Å². The van der Waals surface area contributed by atoms with Crippen LogP contribution in [0.4, 0.5) is 0 Å². The number of carbonyl (C=O) groups is 1. The molecule has 0 aromatic rings. The van der Waals surface area contributed by atoms with Crippen molar-refractivity contribution in [3.8, 4) is 0 Å². The summed E-state index contributed by atoms with van der Waals surface area (Å²) in [5.74, 6) is 0.837. The van der Waals surface area contributed by atoms with Crippen LogP contribution in [-0.2, 0) is 4.79 Å². The van der Waals surface area contributed by atoms with Gasteiger partial charge < -0.3 is 4.90 Å². The molecule has 1 saturated heterocycles. The van der Waals surface area contributed by atoms with E-state index in [1.165, 1.54) is 19.3 Å². The highest BCUT2D eigenvalue weighted by Gasteiger charge is 2.22. The molecule has 0 bridgehead atoms. The monoisotopic (exact) mass is 183 g/mol. The lowest BCUT2D eigenvalue weighted by molar-refractivity contribution is -0.135. The van der Waals surface area contributed by atoms with Gasteiger partial charge in [0.25, 0.3) is 0 Å². The molecular formula is C11H21NO. The van der Waals surface area contributed by atoms with Crippen LogP contribution in [0.2, 0.25) is 0 Å². The predicted octanol–water partition coefficient (Wildman–Crippen LogP) is 2.43. The Kier molecular flexibility index (Phi) is 3.76. The minimum Gasteiger partial charge on any atom is -0.340 e. The van der Waals surface area contributed by atoms with Gasteiger partial charge in [0.05, 0.1) is 0 Å². The smallest absolute Gasteiger partial charge is 0.223 e. The van der Waals surface area contributed by atoms with E-state index >= 15 is 0 Å². The Morgan fingerprint density at radius 2 is 2.15 bits per heavy atom. The molecule has 1 fully saturated rings. The normalized spacial score (nSPS) is 23.7. The van der Waals surface area contributed by atoms with E-state index in [1.807, 2.05) is 0 Å². The van der Waals surface area contributed by atoms with Crippen molar-refractivity contribution in [1.29, 1.82) is 0 Å². The Morgan fingerprint density at radius 1 is 1.46 bits per heavy atom. The summed E-state index contributed by atoms with van der Waals surface area (Å²) in [5.41, 5.74) is 0. The van der Waals surface area contributed by atoms with Gasteiger partial charge in [-0.2, -0.15) is 0 Å². The summed E-state index contributed by atoms with van der Waals surface area (Å²) < 4.78 is 0. The lowest BCUT2D eigenvalue weighted by atomic mass is 10.0. The van der Waals surface area contributed by atoms with Crippen molar-refractivity contribution in [2.45, 2.75) is 52.5 Å². The number of carbonyl (C=O) groups excluding carboxylic acids is 1. The number of rotatable bonds is 2. The van der Waals surface area contributed by atoms with Crippen LogP contribution in [0, 0.1) is 5.92 Å². The molecule has 13 heavy (non-hydrogen) atoms. The highest BCUT2D eigenvalue weighted by molar-refractivity contribution is 5.76. The predicted molar refractivity (Wildman–Crippen MR) is 54.5 cm³/mol. The maximum absolute atomic E-state index is 11.7. The van der Waals surface area contributed by atoms with Gasteiger partial charge in [0.1, 0.15) is 0 Å². The second-order valence-electron chi connectivity index (χ2n) is 4.53. The summed E-state index contributed by atoms with van der Waals surface area (Å²) in [7, 11) is 0. The first-order valence-electron chi connectivity index (χ1n) is 5.40. The van der Waals surface area contributed by atoms with Crippen LogP contribution in [0.15, 0.2) is 0 Å². The van der Waals surface area contributed by atoms with Crippen molar-refractivity contribution < 1.29 is 4.79 Å². The van der Waals surface area contributed by atoms with Gasteiger partial charge in [-0.15, -0.1) is 0 Å². The fourth-order valence-electron chi connectivity index (χ4n) is 1.94. The largest absolute Gasteiger partial charge is 0.340 e. The van der Waals surface area contributed by atoms with Gasteiger partial charge in [0, 0.05) is 19.0 Å². The quantitative estimate of drug-likeness (QED) is 0.644. The molecule has 1 amide bonds. The first-order chi connectivity index (χ1) is 6.11. The molecule has 1 rings (SSSR count). The van der Waals surface area contributed by atoms with Crippen molar-refractivity contribution >= 4 is 5.91 Å². The lowest BCUT2D eigenvalue weighted by Crippen LogP contribution is -2.42. The molecule has 76 valence electrons. The first-order valence-corrected chi connectivity index (χ1v) is 5.40. The van der Waals surface area contributed by atoms with Gasteiger partial charge in [-0.1, -0.05) is 13.8 Å². The molecule has 0 aliphatic carbocycles. The molecule has 0 aromatic heterocycles. The van der Waals surface area contributed by atoms with Crippen molar-refractivity contribution in [3.63, 3.8) is 0 Å². The van der Waals surface area contributed by atoms with E-state index < -0.39 is 0 Å². The zero-order valence-corrected chi connectivity index (χ0v) is 9.05. The molecular weight excluding hydrogens is 162 g/mol. The number of nitrogens with zero attached hydrogens (tertiary/aromatic N) is 1. The van der Waals surface area contributed by atoms with E-state index in [0.29, 0.717) is 24.3 Å². The zero-order valence-electron chi connectivity index (χ0n) is 9.05. The number of amides is 1. The van der Waals surface area contributed by atoms with Crippen molar-refractivity contribution in [1.82, 2.24) is 4.90 Å². The summed E-state index contributed by atoms with van der Waals surface area (Å²) in [6.07, 6.45) is 4.37. The molecule has 0 radical (unpaired) electrons. The van der Waals surface area contributed by atoms with E-state index in [-0.39, 0.29) is 0 Å². The SMILES string of the molecule is CC(C)CC(=O)N1CCCC[C@@H]1C. The molecule has 2 nitrogen and oxygen atoms in total. The second-order valence-corrected chi connectivity index (χ2v) is 4.53. The number of likely N-dealkylation sites (tertiary alicyclic amines) is 1. The fraction of sp³-hybridized carbons (Fsp3) is 0.909. The summed E-state index contributed by atoms with van der Waals surface area (Å²) in [4.78, 5) is 13.8. The first kappa shape index (κ1) is 10.6. The van der Waals surface area contributed by atoms with E-state index in [0.717, 1.165) is 6.54 Å².